The average Bonchev–Trinajstić information content (AvgIpc) is 2.18. The smallest absolute Gasteiger partial charge is 0.119 e. The lowest BCUT2D eigenvalue weighted by atomic mass is 10.1. The van der Waals surface area contributed by atoms with Gasteiger partial charge in [-0.25, -0.2) is 0 Å². The van der Waals surface area contributed by atoms with Crippen molar-refractivity contribution >= 4 is 0 Å². The topological polar surface area (TPSA) is 35.2 Å². The molecule has 0 saturated heterocycles. The summed E-state index contributed by atoms with van der Waals surface area (Å²) in [6, 6.07) is 7.96. The molecule has 0 atom stereocenters. The molecular weight excluding hydrogens is 210 g/mol. The molecule has 2 nitrogen and oxygen atoms in total. The van der Waals surface area contributed by atoms with Gasteiger partial charge in [0.15, 0.2) is 0 Å². The highest BCUT2D eigenvalue weighted by atomic mass is 35.5. The minimum atomic E-state index is 0. The van der Waals surface area contributed by atoms with Crippen molar-refractivity contribution < 1.29 is 17.1 Å². The Morgan fingerprint density at radius 3 is 2.27 bits per heavy atom. The normalized spacial score (nSPS) is 9.87. The van der Waals surface area contributed by atoms with E-state index in [9.17, 15) is 0 Å². The monoisotopic (exact) mass is 228 g/mol. The van der Waals surface area contributed by atoms with Crippen molar-refractivity contribution in [2.24, 2.45) is 11.7 Å². The van der Waals surface area contributed by atoms with Crippen molar-refractivity contribution in [1.82, 2.24) is 0 Å². The van der Waals surface area contributed by atoms with Crippen molar-refractivity contribution in [1.29, 1.82) is 0 Å². The second-order valence-electron chi connectivity index (χ2n) is 3.88. The number of rotatable bonds is 5. The molecule has 0 radical (unpaired) electrons. The van der Waals surface area contributed by atoms with Gasteiger partial charge in [0, 0.05) is 6.54 Å². The van der Waals surface area contributed by atoms with Gasteiger partial charge in [0.1, 0.15) is 5.75 Å². The molecule has 0 aliphatic carbocycles. The zero-order chi connectivity index (χ0) is 10.4. The van der Waals surface area contributed by atoms with Gasteiger partial charge in [-0.05, 0) is 30.0 Å². The fourth-order valence-electron chi connectivity index (χ4n) is 1.13. The molecule has 0 aliphatic heterocycles. The van der Waals surface area contributed by atoms with E-state index in [1.807, 2.05) is 24.3 Å². The lowest BCUT2D eigenvalue weighted by molar-refractivity contribution is -0.00000382. The first-order chi connectivity index (χ1) is 6.72. The van der Waals surface area contributed by atoms with Gasteiger partial charge in [0.05, 0.1) is 6.61 Å². The van der Waals surface area contributed by atoms with Crippen LogP contribution >= 0.6 is 0 Å². The molecule has 0 heterocycles. The number of benzene rings is 1. The fourth-order valence-corrected chi connectivity index (χ4v) is 1.13. The number of hydrogen-bond acceptors (Lipinski definition) is 2. The molecule has 0 bridgehead atoms. The maximum Gasteiger partial charge on any atom is 0.119 e. The van der Waals surface area contributed by atoms with Crippen LogP contribution in [0.4, 0.5) is 0 Å². The fraction of sp³-hybridized carbons (Fsp3) is 0.500. The summed E-state index contributed by atoms with van der Waals surface area (Å²) in [7, 11) is 0. The van der Waals surface area contributed by atoms with Crippen LogP contribution in [0.5, 0.6) is 5.75 Å². The number of nitrogens with two attached hydrogens (primary N) is 1. The van der Waals surface area contributed by atoms with Crippen molar-refractivity contribution in [3.05, 3.63) is 29.8 Å². The first-order valence-electron chi connectivity index (χ1n) is 5.14. The van der Waals surface area contributed by atoms with Gasteiger partial charge in [-0.1, -0.05) is 26.0 Å². The maximum absolute atomic E-state index is 5.58. The summed E-state index contributed by atoms with van der Waals surface area (Å²) in [5.74, 6) is 1.63. The predicted molar refractivity (Wildman–Crippen MR) is 59.3 cm³/mol. The van der Waals surface area contributed by atoms with Crippen molar-refractivity contribution in [2.45, 2.75) is 26.8 Å². The van der Waals surface area contributed by atoms with Crippen LogP contribution in [0, 0.1) is 5.92 Å². The van der Waals surface area contributed by atoms with Crippen LogP contribution < -0.4 is 22.9 Å². The second kappa shape index (κ2) is 7.55. The minimum absolute atomic E-state index is 0. The Morgan fingerprint density at radius 2 is 1.80 bits per heavy atom. The largest absolute Gasteiger partial charge is 1.00 e. The Hall–Kier alpha value is -0.730. The molecular formula is C12H19ClNO-. The quantitative estimate of drug-likeness (QED) is 0.743. The molecule has 0 aromatic heterocycles. The van der Waals surface area contributed by atoms with E-state index < -0.39 is 0 Å². The van der Waals surface area contributed by atoms with Crippen LogP contribution in [0.2, 0.25) is 0 Å². The SMILES string of the molecule is CC(C)CCOc1ccc(CN)cc1.[Cl-]. The molecule has 0 aliphatic rings. The lowest BCUT2D eigenvalue weighted by Gasteiger charge is -2.08. The highest BCUT2D eigenvalue weighted by molar-refractivity contribution is 5.26. The van der Waals surface area contributed by atoms with E-state index in [-0.39, 0.29) is 12.4 Å². The molecule has 1 aromatic carbocycles. The summed E-state index contributed by atoms with van der Waals surface area (Å²) in [6.07, 6.45) is 1.10. The summed E-state index contributed by atoms with van der Waals surface area (Å²) in [5.41, 5.74) is 6.64. The number of ether oxygens (including phenoxy) is 1. The molecule has 86 valence electrons. The molecule has 0 unspecified atom stereocenters. The van der Waals surface area contributed by atoms with Gasteiger partial charge in [-0.2, -0.15) is 0 Å². The zero-order valence-electron chi connectivity index (χ0n) is 9.37. The molecule has 0 fully saturated rings. The van der Waals surface area contributed by atoms with E-state index in [0.29, 0.717) is 12.5 Å². The molecule has 0 amide bonds. The Morgan fingerprint density at radius 1 is 1.20 bits per heavy atom. The van der Waals surface area contributed by atoms with E-state index in [4.69, 9.17) is 10.5 Å². The molecule has 1 aromatic rings. The third kappa shape index (κ3) is 5.65. The predicted octanol–water partition coefficient (Wildman–Crippen LogP) is -0.426. The lowest BCUT2D eigenvalue weighted by Crippen LogP contribution is -3.00. The van der Waals surface area contributed by atoms with E-state index in [0.717, 1.165) is 24.3 Å². The van der Waals surface area contributed by atoms with Crippen LogP contribution in [-0.2, 0) is 6.54 Å². The molecule has 0 saturated carbocycles. The Bertz CT molecular complexity index is 259. The van der Waals surface area contributed by atoms with Gasteiger partial charge in [0.25, 0.3) is 0 Å². The standard InChI is InChI=1S/C12H19NO.ClH/c1-10(2)7-8-14-12-5-3-11(9-13)4-6-12;/h3-6,10H,7-9,13H2,1-2H3;1H/p-1. The molecule has 3 heteroatoms. The average molecular weight is 229 g/mol. The highest BCUT2D eigenvalue weighted by Crippen LogP contribution is 2.12. The molecule has 1 rings (SSSR count). The van der Waals surface area contributed by atoms with Gasteiger partial charge in [-0.3, -0.25) is 0 Å². The molecule has 15 heavy (non-hydrogen) atoms. The summed E-state index contributed by atoms with van der Waals surface area (Å²) in [6.45, 7) is 5.77. The summed E-state index contributed by atoms with van der Waals surface area (Å²) in [5, 5.41) is 0. The van der Waals surface area contributed by atoms with E-state index >= 15 is 0 Å². The third-order valence-electron chi connectivity index (χ3n) is 2.12. The van der Waals surface area contributed by atoms with Crippen LogP contribution in [0.1, 0.15) is 25.8 Å². The van der Waals surface area contributed by atoms with E-state index in [2.05, 4.69) is 13.8 Å². The van der Waals surface area contributed by atoms with Gasteiger partial charge in [-0.15, -0.1) is 0 Å². The molecule has 0 spiro atoms. The summed E-state index contributed by atoms with van der Waals surface area (Å²) in [4.78, 5) is 0. The van der Waals surface area contributed by atoms with Crippen molar-refractivity contribution in [2.75, 3.05) is 6.61 Å². The van der Waals surface area contributed by atoms with Crippen LogP contribution in [0.25, 0.3) is 0 Å². The maximum atomic E-state index is 5.58. The summed E-state index contributed by atoms with van der Waals surface area (Å²) < 4.78 is 5.58. The van der Waals surface area contributed by atoms with Crippen LogP contribution in [0.15, 0.2) is 24.3 Å². The van der Waals surface area contributed by atoms with Gasteiger partial charge >= 0.3 is 0 Å². The van der Waals surface area contributed by atoms with Gasteiger partial charge < -0.3 is 22.9 Å². The zero-order valence-corrected chi connectivity index (χ0v) is 10.1. The van der Waals surface area contributed by atoms with E-state index in [1.165, 1.54) is 0 Å². The first-order valence-corrected chi connectivity index (χ1v) is 5.14. The van der Waals surface area contributed by atoms with Crippen molar-refractivity contribution in [3.8, 4) is 5.75 Å². The summed E-state index contributed by atoms with van der Waals surface area (Å²) >= 11 is 0. The number of hydrogen-bond donors (Lipinski definition) is 1. The van der Waals surface area contributed by atoms with Gasteiger partial charge in [0.2, 0.25) is 0 Å². The first kappa shape index (κ1) is 14.3. The van der Waals surface area contributed by atoms with E-state index in [1.54, 1.807) is 0 Å². The van der Waals surface area contributed by atoms with Crippen LogP contribution in [-0.4, -0.2) is 6.61 Å². The Labute approximate surface area is 98.2 Å². The highest BCUT2D eigenvalue weighted by Gasteiger charge is 1.96. The number of halogens is 1. The van der Waals surface area contributed by atoms with Crippen molar-refractivity contribution in [3.63, 3.8) is 0 Å². The third-order valence-corrected chi connectivity index (χ3v) is 2.12. The molecule has 2 N–H and O–H groups in total. The second-order valence-corrected chi connectivity index (χ2v) is 3.88. The Kier molecular flexibility index (Phi) is 7.18. The van der Waals surface area contributed by atoms with Crippen LogP contribution in [0.3, 0.4) is 0 Å². The Balaban J connectivity index is 0.00000196. The minimum Gasteiger partial charge on any atom is -1.00 e.